The van der Waals surface area contributed by atoms with Gasteiger partial charge in [-0.1, -0.05) is 0 Å². The molecule has 0 aromatic carbocycles. The lowest BCUT2D eigenvalue weighted by Gasteiger charge is -2.29. The monoisotopic (exact) mass is 342 g/mol. The first-order valence-corrected chi connectivity index (χ1v) is 8.72. The minimum Gasteiger partial charge on any atom is -0.342 e. The van der Waals surface area contributed by atoms with Gasteiger partial charge >= 0.3 is 0 Å². The third kappa shape index (κ3) is 2.71. The molecule has 0 bridgehead atoms. The Morgan fingerprint density at radius 3 is 2.64 bits per heavy atom. The first-order chi connectivity index (χ1) is 12.0. The Morgan fingerprint density at radius 1 is 1.20 bits per heavy atom. The van der Waals surface area contributed by atoms with Crippen LogP contribution in [0.4, 0.5) is 11.8 Å². The fourth-order valence-electron chi connectivity index (χ4n) is 3.74. The van der Waals surface area contributed by atoms with Crippen LogP contribution in [0.2, 0.25) is 0 Å². The van der Waals surface area contributed by atoms with Crippen LogP contribution in [-0.2, 0) is 11.8 Å². The molecule has 4 heterocycles. The molecule has 0 saturated carbocycles. The van der Waals surface area contributed by atoms with Gasteiger partial charge in [-0.25, -0.2) is 0 Å². The predicted octanol–water partition coefficient (Wildman–Crippen LogP) is 1.28. The summed E-state index contributed by atoms with van der Waals surface area (Å²) >= 11 is 0. The van der Waals surface area contributed by atoms with Crippen LogP contribution in [0.15, 0.2) is 11.0 Å². The normalized spacial score (nSPS) is 20.3. The minimum absolute atomic E-state index is 0.122. The SMILES string of the molecule is Cc1c([C@H]2CC(=O)Nc3nc(N4CCCCC4)[nH]c(=O)c32)cnn1C. The Labute approximate surface area is 145 Å². The Bertz CT molecular complexity index is 878. The number of anilines is 2. The summed E-state index contributed by atoms with van der Waals surface area (Å²) in [7, 11) is 1.85. The molecule has 8 nitrogen and oxygen atoms in total. The van der Waals surface area contributed by atoms with Gasteiger partial charge in [-0.15, -0.1) is 0 Å². The first kappa shape index (κ1) is 15.9. The third-order valence-corrected chi connectivity index (χ3v) is 5.24. The van der Waals surface area contributed by atoms with Crippen LogP contribution in [0.3, 0.4) is 0 Å². The van der Waals surface area contributed by atoms with Crippen molar-refractivity contribution in [2.45, 2.75) is 38.5 Å². The van der Waals surface area contributed by atoms with E-state index in [0.29, 0.717) is 17.3 Å². The van der Waals surface area contributed by atoms with Crippen LogP contribution < -0.4 is 15.8 Å². The zero-order chi connectivity index (χ0) is 17.6. The summed E-state index contributed by atoms with van der Waals surface area (Å²) in [6.07, 6.45) is 5.34. The largest absolute Gasteiger partial charge is 0.342 e. The highest BCUT2D eigenvalue weighted by Crippen LogP contribution is 2.35. The van der Waals surface area contributed by atoms with E-state index in [4.69, 9.17) is 0 Å². The second-order valence-corrected chi connectivity index (χ2v) is 6.81. The Balaban J connectivity index is 1.80. The van der Waals surface area contributed by atoms with Crippen molar-refractivity contribution in [1.29, 1.82) is 0 Å². The lowest BCUT2D eigenvalue weighted by atomic mass is 9.87. The molecule has 2 aromatic rings. The smallest absolute Gasteiger partial charge is 0.258 e. The molecule has 1 amide bonds. The van der Waals surface area contributed by atoms with Crippen molar-refractivity contribution in [2.75, 3.05) is 23.3 Å². The Hall–Kier alpha value is -2.64. The number of rotatable bonds is 2. The second-order valence-electron chi connectivity index (χ2n) is 6.81. The van der Waals surface area contributed by atoms with Crippen molar-refractivity contribution >= 4 is 17.7 Å². The quantitative estimate of drug-likeness (QED) is 0.857. The van der Waals surface area contributed by atoms with E-state index in [1.54, 1.807) is 10.9 Å². The minimum atomic E-state index is -0.316. The molecule has 0 unspecified atom stereocenters. The van der Waals surface area contributed by atoms with Crippen LogP contribution in [0, 0.1) is 6.92 Å². The van der Waals surface area contributed by atoms with Crippen molar-refractivity contribution in [1.82, 2.24) is 19.7 Å². The third-order valence-electron chi connectivity index (χ3n) is 5.24. The molecular weight excluding hydrogens is 320 g/mol. The lowest BCUT2D eigenvalue weighted by Crippen LogP contribution is -2.36. The maximum absolute atomic E-state index is 12.8. The van der Waals surface area contributed by atoms with Crippen LogP contribution in [0.5, 0.6) is 0 Å². The number of piperidine rings is 1. The van der Waals surface area contributed by atoms with Gasteiger partial charge in [0.05, 0.1) is 11.8 Å². The van der Waals surface area contributed by atoms with E-state index in [2.05, 4.69) is 25.3 Å². The highest BCUT2D eigenvalue weighted by Gasteiger charge is 2.33. The number of nitrogens with zero attached hydrogens (tertiary/aromatic N) is 4. The van der Waals surface area contributed by atoms with Crippen LogP contribution in [0.1, 0.15) is 48.4 Å². The van der Waals surface area contributed by atoms with Gasteiger partial charge in [0.25, 0.3) is 5.56 Å². The fraction of sp³-hybridized carbons (Fsp3) is 0.529. The molecule has 4 rings (SSSR count). The van der Waals surface area contributed by atoms with Crippen LogP contribution in [-0.4, -0.2) is 38.7 Å². The van der Waals surface area contributed by atoms with Crippen molar-refractivity contribution in [3.05, 3.63) is 33.4 Å². The molecule has 2 aliphatic heterocycles. The Kier molecular flexibility index (Phi) is 3.82. The number of nitrogens with one attached hydrogen (secondary N) is 2. The van der Waals surface area contributed by atoms with E-state index >= 15 is 0 Å². The van der Waals surface area contributed by atoms with Gasteiger partial charge in [0.2, 0.25) is 11.9 Å². The molecule has 0 radical (unpaired) electrons. The van der Waals surface area contributed by atoms with Crippen molar-refractivity contribution in [3.8, 4) is 0 Å². The van der Waals surface area contributed by atoms with E-state index in [1.807, 2.05) is 14.0 Å². The molecule has 132 valence electrons. The van der Waals surface area contributed by atoms with Crippen LogP contribution >= 0.6 is 0 Å². The summed E-state index contributed by atoms with van der Waals surface area (Å²) in [6, 6.07) is 0. The fourth-order valence-corrected chi connectivity index (χ4v) is 3.74. The van der Waals surface area contributed by atoms with Crippen molar-refractivity contribution in [3.63, 3.8) is 0 Å². The van der Waals surface area contributed by atoms with E-state index in [9.17, 15) is 9.59 Å². The van der Waals surface area contributed by atoms with E-state index < -0.39 is 0 Å². The van der Waals surface area contributed by atoms with Gasteiger partial charge in [0, 0.05) is 43.7 Å². The predicted molar refractivity (Wildman–Crippen MR) is 94.0 cm³/mol. The number of hydrogen-bond donors (Lipinski definition) is 2. The molecule has 0 aliphatic carbocycles. The van der Waals surface area contributed by atoms with E-state index in [0.717, 1.165) is 37.2 Å². The topological polar surface area (TPSA) is 95.9 Å². The number of aromatic amines is 1. The van der Waals surface area contributed by atoms with Gasteiger partial charge in [0.1, 0.15) is 5.82 Å². The van der Waals surface area contributed by atoms with Gasteiger partial charge in [-0.2, -0.15) is 10.1 Å². The summed E-state index contributed by atoms with van der Waals surface area (Å²) < 4.78 is 1.76. The number of H-pyrrole nitrogens is 1. The lowest BCUT2D eigenvalue weighted by molar-refractivity contribution is -0.116. The maximum Gasteiger partial charge on any atom is 0.258 e. The van der Waals surface area contributed by atoms with E-state index in [-0.39, 0.29) is 23.8 Å². The maximum atomic E-state index is 12.8. The number of fused-ring (bicyclic) bond motifs is 1. The summed E-state index contributed by atoms with van der Waals surface area (Å²) in [5.41, 5.74) is 2.19. The van der Waals surface area contributed by atoms with Gasteiger partial charge in [-0.05, 0) is 26.2 Å². The number of carbonyl (C=O) groups excluding carboxylic acids is 1. The number of aryl methyl sites for hydroxylation is 1. The highest BCUT2D eigenvalue weighted by atomic mass is 16.2. The van der Waals surface area contributed by atoms with Crippen LogP contribution in [0.25, 0.3) is 0 Å². The highest BCUT2D eigenvalue weighted by molar-refractivity contribution is 5.94. The molecule has 2 aromatic heterocycles. The molecule has 1 fully saturated rings. The van der Waals surface area contributed by atoms with Gasteiger partial charge in [-0.3, -0.25) is 19.3 Å². The van der Waals surface area contributed by atoms with Crippen molar-refractivity contribution < 1.29 is 4.79 Å². The average molecular weight is 342 g/mol. The molecule has 2 aliphatic rings. The summed E-state index contributed by atoms with van der Waals surface area (Å²) in [4.78, 5) is 34.6. The molecule has 1 saturated heterocycles. The van der Waals surface area contributed by atoms with Crippen molar-refractivity contribution in [2.24, 2.45) is 7.05 Å². The molecule has 8 heteroatoms. The number of carbonyl (C=O) groups is 1. The number of aromatic nitrogens is 4. The number of hydrogen-bond acceptors (Lipinski definition) is 5. The Morgan fingerprint density at radius 2 is 1.96 bits per heavy atom. The summed E-state index contributed by atoms with van der Waals surface area (Å²) in [5, 5.41) is 7.04. The molecular formula is C17H22N6O2. The zero-order valence-electron chi connectivity index (χ0n) is 14.5. The zero-order valence-corrected chi connectivity index (χ0v) is 14.5. The molecule has 25 heavy (non-hydrogen) atoms. The van der Waals surface area contributed by atoms with E-state index in [1.165, 1.54) is 6.42 Å². The standard InChI is InChI=1S/C17H22N6O2/c1-10-12(9-18-22(10)2)11-8-13(24)19-15-14(11)16(25)21-17(20-15)23-6-4-3-5-7-23/h9,11H,3-8H2,1-2H3,(H2,19,20,21,24,25)/t11-/m1/s1. The molecule has 0 spiro atoms. The first-order valence-electron chi connectivity index (χ1n) is 8.72. The van der Waals surface area contributed by atoms with Gasteiger partial charge in [0.15, 0.2) is 0 Å². The molecule has 1 atom stereocenters. The number of amides is 1. The average Bonchev–Trinajstić information content (AvgIpc) is 2.93. The summed E-state index contributed by atoms with van der Waals surface area (Å²) in [6.45, 7) is 3.69. The summed E-state index contributed by atoms with van der Waals surface area (Å²) in [5.74, 6) is 0.494. The second kappa shape index (κ2) is 6.02. The molecule has 2 N–H and O–H groups in total. The van der Waals surface area contributed by atoms with Gasteiger partial charge < -0.3 is 10.2 Å².